The van der Waals surface area contributed by atoms with Crippen LogP contribution in [0.25, 0.3) is 0 Å². The molecular weight excluding hydrogens is 767 g/mol. The maximum atomic E-state index is 12.7. The molecule has 58 heavy (non-hydrogen) atoms. The van der Waals surface area contributed by atoms with Crippen molar-refractivity contribution < 1.29 is 62.8 Å². The number of hydrogen-bond acceptors (Lipinski definition) is 12. The summed E-state index contributed by atoms with van der Waals surface area (Å²) in [6.07, 6.45) is 26.1. The molecule has 1 aliphatic rings. The Kier molecular flexibility index (Phi) is 32.4. The summed E-state index contributed by atoms with van der Waals surface area (Å²) in [5.74, 6) is -1.66. The zero-order valence-corrected chi connectivity index (χ0v) is 36.6. The Labute approximate surface area is 349 Å². The van der Waals surface area contributed by atoms with Gasteiger partial charge in [0.25, 0.3) is 0 Å². The summed E-state index contributed by atoms with van der Waals surface area (Å²) in [7, 11) is -4.68. The van der Waals surface area contributed by atoms with E-state index in [2.05, 4.69) is 30.5 Å². The number of phosphoric ester groups is 1. The van der Waals surface area contributed by atoms with Gasteiger partial charge in [0.1, 0.15) is 18.5 Å². The van der Waals surface area contributed by atoms with Crippen molar-refractivity contribution in [3.8, 4) is 0 Å². The fourth-order valence-electron chi connectivity index (χ4n) is 6.94. The first kappa shape index (κ1) is 54.1. The van der Waals surface area contributed by atoms with Crippen LogP contribution in [0.2, 0.25) is 0 Å². The number of Topliss-reactive ketones (excluding diaryl/α,β-unsaturated/α-hetero) is 1. The number of rotatable bonds is 38. The van der Waals surface area contributed by atoms with E-state index in [0.29, 0.717) is 32.1 Å². The minimum Gasteiger partial charge on any atom is -0.462 e. The second-order valence-electron chi connectivity index (χ2n) is 15.8. The van der Waals surface area contributed by atoms with Crippen molar-refractivity contribution in [1.29, 1.82) is 0 Å². The molecule has 0 heterocycles. The molecule has 0 aromatic rings. The summed E-state index contributed by atoms with van der Waals surface area (Å²) in [4.78, 5) is 47.8. The first-order chi connectivity index (χ1) is 27.9. The van der Waals surface area contributed by atoms with Gasteiger partial charge >= 0.3 is 19.8 Å². The Bertz CT molecular complexity index is 1180. The SMILES string of the molecule is CCCCCCCC/C=C\CCCCCCCC(=O)O[C@H](COC(=O)CCCCCC[C@H]1C(=O)C[C@@H](O)[C@@H]1/C=C/[C@@H](O)CCCCC)COP(=O)(O)OC[C@@H](O)CO. The highest BCUT2D eigenvalue weighted by Gasteiger charge is 2.39. The van der Waals surface area contributed by atoms with Gasteiger partial charge in [-0.2, -0.15) is 0 Å². The Morgan fingerprint density at radius 2 is 1.31 bits per heavy atom. The van der Waals surface area contributed by atoms with Crippen LogP contribution in [0, 0.1) is 11.8 Å². The number of phosphoric acid groups is 1. The number of carbonyl (C=O) groups excluding carboxylic acids is 3. The van der Waals surface area contributed by atoms with Crippen molar-refractivity contribution in [1.82, 2.24) is 0 Å². The number of ether oxygens (including phenoxy) is 2. The van der Waals surface area contributed by atoms with E-state index >= 15 is 0 Å². The average molecular weight is 847 g/mol. The molecule has 1 rings (SSSR count). The van der Waals surface area contributed by atoms with E-state index in [0.717, 1.165) is 70.6 Å². The van der Waals surface area contributed by atoms with E-state index < -0.39 is 70.6 Å². The number of carbonyl (C=O) groups is 3. The van der Waals surface area contributed by atoms with Gasteiger partial charge in [-0.1, -0.05) is 128 Å². The van der Waals surface area contributed by atoms with Crippen LogP contribution in [0.3, 0.4) is 0 Å². The van der Waals surface area contributed by atoms with Crippen LogP contribution in [-0.4, -0.2) is 93.9 Å². The minimum absolute atomic E-state index is 0.0324. The van der Waals surface area contributed by atoms with Crippen LogP contribution in [-0.2, 0) is 37.5 Å². The maximum Gasteiger partial charge on any atom is 0.472 e. The molecule has 0 aromatic carbocycles. The van der Waals surface area contributed by atoms with Crippen LogP contribution in [0.1, 0.15) is 174 Å². The second kappa shape index (κ2) is 34.7. The van der Waals surface area contributed by atoms with E-state index in [1.165, 1.54) is 38.5 Å². The van der Waals surface area contributed by atoms with Crippen molar-refractivity contribution >= 4 is 25.5 Å². The summed E-state index contributed by atoms with van der Waals surface area (Å²) in [6, 6.07) is 0. The monoisotopic (exact) mass is 847 g/mol. The molecule has 1 fully saturated rings. The maximum absolute atomic E-state index is 12.7. The van der Waals surface area contributed by atoms with Gasteiger partial charge in [0.05, 0.1) is 32.0 Å². The number of hydrogen-bond donors (Lipinski definition) is 5. The van der Waals surface area contributed by atoms with Crippen LogP contribution in [0.15, 0.2) is 24.3 Å². The van der Waals surface area contributed by atoms with Crippen molar-refractivity contribution in [2.45, 2.75) is 199 Å². The Hall–Kier alpha value is -1.96. The molecule has 13 nitrogen and oxygen atoms in total. The van der Waals surface area contributed by atoms with Crippen molar-refractivity contribution in [2.75, 3.05) is 26.4 Å². The number of aliphatic hydroxyl groups excluding tert-OH is 4. The van der Waals surface area contributed by atoms with E-state index in [-0.39, 0.29) is 36.9 Å². The largest absolute Gasteiger partial charge is 0.472 e. The van der Waals surface area contributed by atoms with Gasteiger partial charge in [-0.25, -0.2) is 4.57 Å². The summed E-state index contributed by atoms with van der Waals surface area (Å²) in [5, 5.41) is 39.1. The van der Waals surface area contributed by atoms with E-state index in [9.17, 15) is 39.2 Å². The van der Waals surface area contributed by atoms with E-state index in [4.69, 9.17) is 19.1 Å². The molecule has 0 aliphatic heterocycles. The Balaban J connectivity index is 2.44. The Morgan fingerprint density at radius 3 is 1.95 bits per heavy atom. The van der Waals surface area contributed by atoms with Crippen molar-refractivity contribution in [3.63, 3.8) is 0 Å². The highest BCUT2D eigenvalue weighted by Crippen LogP contribution is 2.43. The topological polar surface area (TPSA) is 206 Å². The van der Waals surface area contributed by atoms with Gasteiger partial charge in [-0.15, -0.1) is 0 Å². The summed E-state index contributed by atoms with van der Waals surface area (Å²) in [5.41, 5.74) is 0. The fourth-order valence-corrected chi connectivity index (χ4v) is 7.73. The summed E-state index contributed by atoms with van der Waals surface area (Å²) >= 11 is 0. The third-order valence-corrected chi connectivity index (χ3v) is 11.4. The van der Waals surface area contributed by atoms with Crippen LogP contribution >= 0.6 is 7.82 Å². The standard InChI is InChI=1S/C44H79O13P/c1-3-5-7-8-9-10-11-12-13-14-15-16-17-18-24-28-44(51)57-38(35-56-58(52,53)55-33-37(47)32-45)34-54-43(50)27-23-20-19-22-26-39-40(42(49)31-41(39)48)30-29-36(46)25-21-6-4-2/h12-13,29-30,36-40,42,45-47,49H,3-11,14-28,31-35H2,1-2H3,(H,52,53)/b13-12-,30-29+/t36-,37-,38+,39+,40+,42+/m0/s1. The van der Waals surface area contributed by atoms with E-state index in [1.807, 2.05) is 0 Å². The van der Waals surface area contributed by atoms with Gasteiger partial charge < -0.3 is 34.8 Å². The van der Waals surface area contributed by atoms with Crippen LogP contribution in [0.4, 0.5) is 0 Å². The molecule has 1 aliphatic carbocycles. The lowest BCUT2D eigenvalue weighted by Gasteiger charge is -2.20. The average Bonchev–Trinajstić information content (AvgIpc) is 3.47. The second-order valence-corrected chi connectivity index (χ2v) is 17.3. The lowest BCUT2D eigenvalue weighted by atomic mass is 9.88. The van der Waals surface area contributed by atoms with Gasteiger partial charge in [0.2, 0.25) is 0 Å². The zero-order chi connectivity index (χ0) is 42.9. The van der Waals surface area contributed by atoms with Gasteiger partial charge in [-0.05, 0) is 51.4 Å². The lowest BCUT2D eigenvalue weighted by molar-refractivity contribution is -0.161. The number of unbranched alkanes of at least 4 members (excludes halogenated alkanes) is 16. The number of ketones is 1. The summed E-state index contributed by atoms with van der Waals surface area (Å²) < 4.78 is 32.7. The smallest absolute Gasteiger partial charge is 0.462 e. The molecule has 0 aromatic heterocycles. The molecule has 14 heteroatoms. The van der Waals surface area contributed by atoms with Gasteiger partial charge in [0, 0.05) is 31.1 Å². The number of allylic oxidation sites excluding steroid dienone is 2. The third-order valence-electron chi connectivity index (χ3n) is 10.5. The lowest BCUT2D eigenvalue weighted by Crippen LogP contribution is -2.29. The molecule has 1 saturated carbocycles. The van der Waals surface area contributed by atoms with Crippen LogP contribution < -0.4 is 0 Å². The summed E-state index contributed by atoms with van der Waals surface area (Å²) in [6.45, 7) is 2.00. The van der Waals surface area contributed by atoms with Gasteiger partial charge in [-0.3, -0.25) is 23.4 Å². The van der Waals surface area contributed by atoms with Crippen LogP contribution in [0.5, 0.6) is 0 Å². The fraction of sp³-hybridized carbons (Fsp3) is 0.841. The minimum atomic E-state index is -4.68. The van der Waals surface area contributed by atoms with Crippen molar-refractivity contribution in [3.05, 3.63) is 24.3 Å². The quantitative estimate of drug-likeness (QED) is 0.0172. The highest BCUT2D eigenvalue weighted by atomic mass is 31.2. The Morgan fingerprint density at radius 1 is 0.759 bits per heavy atom. The molecular formula is C44H79O13P. The van der Waals surface area contributed by atoms with Crippen molar-refractivity contribution in [2.24, 2.45) is 11.8 Å². The molecule has 0 radical (unpaired) electrons. The van der Waals surface area contributed by atoms with E-state index in [1.54, 1.807) is 12.2 Å². The predicted molar refractivity (Wildman–Crippen MR) is 225 cm³/mol. The molecule has 338 valence electrons. The number of esters is 2. The zero-order valence-electron chi connectivity index (χ0n) is 35.7. The molecule has 0 spiro atoms. The molecule has 1 unspecified atom stereocenters. The third kappa shape index (κ3) is 28.5. The van der Waals surface area contributed by atoms with Gasteiger partial charge in [0.15, 0.2) is 6.10 Å². The molecule has 0 saturated heterocycles. The molecule has 0 amide bonds. The highest BCUT2D eigenvalue weighted by molar-refractivity contribution is 7.47. The predicted octanol–water partition coefficient (Wildman–Crippen LogP) is 8.37. The molecule has 5 N–H and O–H groups in total. The first-order valence-electron chi connectivity index (χ1n) is 22.4. The number of aliphatic hydroxyl groups is 4. The molecule has 7 atom stereocenters. The molecule has 0 bridgehead atoms. The first-order valence-corrected chi connectivity index (χ1v) is 23.9. The normalized spacial score (nSPS) is 19.8.